The van der Waals surface area contributed by atoms with Gasteiger partial charge in [-0.25, -0.2) is 8.70 Å². The fourth-order valence-electron chi connectivity index (χ4n) is 4.35. The van der Waals surface area contributed by atoms with Crippen LogP contribution in [0.4, 0.5) is 10.1 Å². The zero-order chi connectivity index (χ0) is 24.5. The minimum Gasteiger partial charge on any atom is -0.324 e. The van der Waals surface area contributed by atoms with Crippen molar-refractivity contribution < 1.29 is 9.18 Å². The molecule has 3 rings (SSSR count). The van der Waals surface area contributed by atoms with Crippen LogP contribution >= 0.6 is 23.5 Å². The van der Waals surface area contributed by atoms with Crippen LogP contribution in [0.1, 0.15) is 57.1 Å². The maximum absolute atomic E-state index is 14.8. The lowest BCUT2D eigenvalue weighted by molar-refractivity contribution is -0.116. The smallest absolute Gasteiger partial charge is 0.225 e. The molecule has 0 saturated carbocycles. The normalized spacial score (nSPS) is 17.6. The van der Waals surface area contributed by atoms with E-state index in [2.05, 4.69) is 40.7 Å². The highest BCUT2D eigenvalue weighted by atomic mass is 35.5. The molecule has 2 N–H and O–H groups in total. The van der Waals surface area contributed by atoms with E-state index in [-0.39, 0.29) is 23.6 Å². The molecule has 1 aliphatic heterocycles. The van der Waals surface area contributed by atoms with Crippen LogP contribution in [-0.2, 0) is 11.2 Å². The van der Waals surface area contributed by atoms with Gasteiger partial charge < -0.3 is 10.6 Å². The molecule has 2 unspecified atom stereocenters. The van der Waals surface area contributed by atoms with Gasteiger partial charge in [0.1, 0.15) is 5.82 Å². The number of anilines is 1. The lowest BCUT2D eigenvalue weighted by Crippen LogP contribution is -2.48. The Morgan fingerprint density at radius 2 is 2.09 bits per heavy atom. The predicted molar refractivity (Wildman–Crippen MR) is 141 cm³/mol. The molecule has 2 aromatic rings. The molecule has 2 atom stereocenters. The van der Waals surface area contributed by atoms with Crippen LogP contribution in [-0.4, -0.2) is 46.6 Å². The first-order valence-electron chi connectivity index (χ1n) is 12.2. The number of hydrogen-bond acceptors (Lipinski definition) is 5. The minimum absolute atomic E-state index is 0.0414. The number of amides is 1. The van der Waals surface area contributed by atoms with E-state index in [1.165, 1.54) is 6.20 Å². The van der Waals surface area contributed by atoms with Gasteiger partial charge in [0.15, 0.2) is 0 Å². The molecule has 1 fully saturated rings. The van der Waals surface area contributed by atoms with Gasteiger partial charge in [-0.05, 0) is 48.8 Å². The molecule has 186 valence electrons. The lowest BCUT2D eigenvalue weighted by atomic mass is 9.85. The van der Waals surface area contributed by atoms with Gasteiger partial charge in [0.25, 0.3) is 0 Å². The summed E-state index contributed by atoms with van der Waals surface area (Å²) in [6.45, 7) is 9.23. The van der Waals surface area contributed by atoms with Crippen molar-refractivity contribution >= 4 is 35.1 Å². The number of hydrogen-bond donors (Lipinski definition) is 2. The highest BCUT2D eigenvalue weighted by Crippen LogP contribution is 2.30. The van der Waals surface area contributed by atoms with Crippen molar-refractivity contribution in [2.75, 3.05) is 30.7 Å². The molecular formula is C26H36ClFN4OS. The van der Waals surface area contributed by atoms with Crippen molar-refractivity contribution in [2.45, 2.75) is 58.4 Å². The first kappa shape index (κ1) is 26.9. The van der Waals surface area contributed by atoms with E-state index in [0.29, 0.717) is 35.2 Å². The maximum Gasteiger partial charge on any atom is 0.225 e. The maximum atomic E-state index is 14.8. The average molecular weight is 507 g/mol. The van der Waals surface area contributed by atoms with Crippen LogP contribution in [0.5, 0.6) is 0 Å². The van der Waals surface area contributed by atoms with Crippen LogP contribution < -0.4 is 10.6 Å². The largest absolute Gasteiger partial charge is 0.324 e. The van der Waals surface area contributed by atoms with Gasteiger partial charge in [-0.3, -0.25) is 9.78 Å². The summed E-state index contributed by atoms with van der Waals surface area (Å²) >= 11 is 7.91. The molecule has 0 aliphatic carbocycles. The molecular weight excluding hydrogens is 471 g/mol. The topological polar surface area (TPSA) is 57.3 Å². The van der Waals surface area contributed by atoms with Gasteiger partial charge >= 0.3 is 0 Å². The summed E-state index contributed by atoms with van der Waals surface area (Å²) in [5.74, 6) is 0.892. The SMILES string of the molecule is CCCSN1CCNCC1CCc1c(F)cncc1NC(=O)CC(c1ccc(Cl)cc1)C(C)C. The number of rotatable bonds is 11. The second-order valence-electron chi connectivity index (χ2n) is 9.17. The lowest BCUT2D eigenvalue weighted by Gasteiger charge is -2.35. The van der Waals surface area contributed by atoms with Gasteiger partial charge in [-0.2, -0.15) is 0 Å². The van der Waals surface area contributed by atoms with Crippen LogP contribution in [0.3, 0.4) is 0 Å². The van der Waals surface area contributed by atoms with E-state index < -0.39 is 0 Å². The number of nitrogens with zero attached hydrogens (tertiary/aromatic N) is 2. The average Bonchev–Trinajstić information content (AvgIpc) is 2.82. The zero-order valence-corrected chi connectivity index (χ0v) is 21.9. The first-order chi connectivity index (χ1) is 16.4. The number of halogens is 2. The molecule has 0 bridgehead atoms. The van der Waals surface area contributed by atoms with E-state index in [1.54, 1.807) is 6.20 Å². The van der Waals surface area contributed by atoms with Crippen molar-refractivity contribution in [3.05, 3.63) is 58.6 Å². The summed E-state index contributed by atoms with van der Waals surface area (Å²) < 4.78 is 17.2. The predicted octanol–water partition coefficient (Wildman–Crippen LogP) is 5.91. The van der Waals surface area contributed by atoms with E-state index in [0.717, 1.165) is 43.8 Å². The van der Waals surface area contributed by atoms with Gasteiger partial charge in [0, 0.05) is 48.4 Å². The Hall–Kier alpha value is -1.67. The monoisotopic (exact) mass is 506 g/mol. The third-order valence-electron chi connectivity index (χ3n) is 6.27. The molecule has 1 saturated heterocycles. The molecule has 34 heavy (non-hydrogen) atoms. The van der Waals surface area contributed by atoms with E-state index >= 15 is 0 Å². The van der Waals surface area contributed by atoms with Crippen LogP contribution in [0.2, 0.25) is 5.02 Å². The van der Waals surface area contributed by atoms with Gasteiger partial charge in [-0.15, -0.1) is 0 Å². The number of piperazine rings is 1. The third kappa shape index (κ3) is 7.67. The highest BCUT2D eigenvalue weighted by Gasteiger charge is 2.24. The molecule has 0 radical (unpaired) electrons. The molecule has 5 nitrogen and oxygen atoms in total. The summed E-state index contributed by atoms with van der Waals surface area (Å²) in [6, 6.07) is 7.96. The Balaban J connectivity index is 1.67. The van der Waals surface area contributed by atoms with Crippen molar-refractivity contribution in [2.24, 2.45) is 5.92 Å². The number of aromatic nitrogens is 1. The third-order valence-corrected chi connectivity index (χ3v) is 7.93. The molecule has 1 aliphatic rings. The molecule has 1 aromatic carbocycles. The summed E-state index contributed by atoms with van der Waals surface area (Å²) in [4.78, 5) is 17.0. The number of benzene rings is 1. The highest BCUT2D eigenvalue weighted by molar-refractivity contribution is 7.97. The van der Waals surface area contributed by atoms with Crippen LogP contribution in [0, 0.1) is 11.7 Å². The van der Waals surface area contributed by atoms with Crippen molar-refractivity contribution in [3.8, 4) is 0 Å². The van der Waals surface area contributed by atoms with Crippen LogP contribution in [0.15, 0.2) is 36.7 Å². The van der Waals surface area contributed by atoms with Gasteiger partial charge in [0.2, 0.25) is 5.91 Å². The number of pyridine rings is 1. The molecule has 8 heteroatoms. The first-order valence-corrected chi connectivity index (χ1v) is 13.5. The van der Waals surface area contributed by atoms with E-state index in [1.807, 2.05) is 36.2 Å². The minimum atomic E-state index is -0.368. The fraction of sp³-hybridized carbons (Fsp3) is 0.538. The number of carbonyl (C=O) groups is 1. The Bertz CT molecular complexity index is 928. The van der Waals surface area contributed by atoms with Gasteiger partial charge in [-0.1, -0.05) is 56.5 Å². The second kappa shape index (κ2) is 13.4. The summed E-state index contributed by atoms with van der Waals surface area (Å²) in [7, 11) is 0. The number of nitrogens with one attached hydrogen (secondary N) is 2. The molecule has 1 amide bonds. The molecule has 1 aromatic heterocycles. The van der Waals surface area contributed by atoms with E-state index in [4.69, 9.17) is 11.6 Å². The fourth-order valence-corrected chi connectivity index (χ4v) is 5.50. The molecule has 2 heterocycles. The number of carbonyl (C=O) groups excluding carboxylic acids is 1. The Kier molecular flexibility index (Phi) is 10.6. The summed E-state index contributed by atoms with van der Waals surface area (Å²) in [6.07, 6.45) is 5.59. The zero-order valence-electron chi connectivity index (χ0n) is 20.3. The second-order valence-corrected chi connectivity index (χ2v) is 10.7. The Morgan fingerprint density at radius 1 is 1.32 bits per heavy atom. The summed E-state index contributed by atoms with van der Waals surface area (Å²) in [5, 5.41) is 7.07. The Labute approximate surface area is 212 Å². The van der Waals surface area contributed by atoms with Crippen molar-refractivity contribution in [1.82, 2.24) is 14.6 Å². The van der Waals surface area contributed by atoms with E-state index in [9.17, 15) is 9.18 Å². The quantitative estimate of drug-likeness (QED) is 0.371. The summed E-state index contributed by atoms with van der Waals surface area (Å²) in [5.41, 5.74) is 2.07. The van der Waals surface area contributed by atoms with Crippen LogP contribution in [0.25, 0.3) is 0 Å². The van der Waals surface area contributed by atoms with Crippen molar-refractivity contribution in [3.63, 3.8) is 0 Å². The van der Waals surface area contributed by atoms with Crippen molar-refractivity contribution in [1.29, 1.82) is 0 Å². The Morgan fingerprint density at radius 3 is 2.79 bits per heavy atom. The molecule has 0 spiro atoms. The standard InChI is InChI=1S/C26H36ClFN4OS/c1-4-13-34-32-12-11-29-15-21(32)9-10-22-24(28)16-30-17-25(22)31-26(33)14-23(18(2)3)19-5-7-20(27)8-6-19/h5-8,16-18,21,23,29H,4,9-15H2,1-3H3,(H,31,33). The van der Waals surface area contributed by atoms with Gasteiger partial charge in [0.05, 0.1) is 18.1 Å².